The molecule has 1 unspecified atom stereocenters. The molecule has 0 amide bonds. The Morgan fingerprint density at radius 1 is 0.762 bits per heavy atom. The highest BCUT2D eigenvalue weighted by Crippen LogP contribution is 2.32. The summed E-state index contributed by atoms with van der Waals surface area (Å²) in [6.07, 6.45) is -0.552. The highest BCUT2D eigenvalue weighted by molar-refractivity contribution is 5.41. The van der Waals surface area contributed by atoms with Crippen LogP contribution in [0.1, 0.15) is 73.5 Å². The molecule has 0 aliphatic carbocycles. The van der Waals surface area contributed by atoms with Crippen LogP contribution in [0.3, 0.4) is 0 Å². The Labute approximate surface area is 128 Å². The maximum Gasteiger partial charge on any atom is 0.104 e. The third kappa shape index (κ3) is 3.54. The zero-order chi connectivity index (χ0) is 15.6. The standard InChI is InChI=1S/C20H26O/c1-13(2)16-9-10-18(19(12-16)14(3)4)20(21)17-8-6-7-15(5)11-17/h6-14,20-21H,1-5H3. The Balaban J connectivity index is 2.47. The van der Waals surface area contributed by atoms with Crippen molar-refractivity contribution in [3.63, 3.8) is 0 Å². The van der Waals surface area contributed by atoms with Crippen molar-refractivity contribution in [2.24, 2.45) is 0 Å². The van der Waals surface area contributed by atoms with Crippen LogP contribution < -0.4 is 0 Å². The summed E-state index contributed by atoms with van der Waals surface area (Å²) < 4.78 is 0. The van der Waals surface area contributed by atoms with E-state index in [1.807, 2.05) is 12.1 Å². The van der Waals surface area contributed by atoms with E-state index in [1.54, 1.807) is 0 Å². The number of aryl methyl sites for hydroxylation is 1. The van der Waals surface area contributed by atoms with Crippen molar-refractivity contribution in [3.8, 4) is 0 Å². The van der Waals surface area contributed by atoms with Crippen LogP contribution in [-0.2, 0) is 0 Å². The van der Waals surface area contributed by atoms with Crippen LogP contribution in [0.5, 0.6) is 0 Å². The van der Waals surface area contributed by atoms with Gasteiger partial charge in [-0.15, -0.1) is 0 Å². The first-order valence-electron chi connectivity index (χ1n) is 7.78. The van der Waals surface area contributed by atoms with Crippen LogP contribution in [0.4, 0.5) is 0 Å². The Morgan fingerprint density at radius 2 is 1.48 bits per heavy atom. The van der Waals surface area contributed by atoms with Crippen LogP contribution in [0.25, 0.3) is 0 Å². The molecule has 2 rings (SSSR count). The van der Waals surface area contributed by atoms with Crippen molar-refractivity contribution >= 4 is 0 Å². The van der Waals surface area contributed by atoms with Gasteiger partial charge in [0.25, 0.3) is 0 Å². The Morgan fingerprint density at radius 3 is 2.05 bits per heavy atom. The molecule has 1 heteroatoms. The number of aliphatic hydroxyl groups excluding tert-OH is 1. The van der Waals surface area contributed by atoms with E-state index in [9.17, 15) is 5.11 Å². The maximum atomic E-state index is 10.8. The molecule has 0 aliphatic heterocycles. The summed E-state index contributed by atoms with van der Waals surface area (Å²) >= 11 is 0. The summed E-state index contributed by atoms with van der Waals surface area (Å²) in [7, 11) is 0. The third-order valence-corrected chi connectivity index (χ3v) is 4.05. The second-order valence-electron chi connectivity index (χ2n) is 6.51. The first-order chi connectivity index (χ1) is 9.90. The van der Waals surface area contributed by atoms with Gasteiger partial charge in [-0.2, -0.15) is 0 Å². The van der Waals surface area contributed by atoms with Gasteiger partial charge in [0.05, 0.1) is 0 Å². The topological polar surface area (TPSA) is 20.2 Å². The van der Waals surface area contributed by atoms with Crippen LogP contribution >= 0.6 is 0 Å². The number of aliphatic hydroxyl groups is 1. The molecule has 1 nitrogen and oxygen atoms in total. The molecule has 0 aliphatic rings. The lowest BCUT2D eigenvalue weighted by molar-refractivity contribution is 0.218. The van der Waals surface area contributed by atoms with Crippen molar-refractivity contribution < 1.29 is 5.11 Å². The lowest BCUT2D eigenvalue weighted by Gasteiger charge is -2.21. The molecule has 0 saturated carbocycles. The molecule has 0 heterocycles. The highest BCUT2D eigenvalue weighted by Gasteiger charge is 2.17. The van der Waals surface area contributed by atoms with E-state index in [0.29, 0.717) is 11.8 Å². The quantitative estimate of drug-likeness (QED) is 0.804. The summed E-state index contributed by atoms with van der Waals surface area (Å²) in [5.41, 5.74) is 5.75. The van der Waals surface area contributed by atoms with E-state index in [2.05, 4.69) is 65.0 Å². The highest BCUT2D eigenvalue weighted by atomic mass is 16.3. The molecule has 112 valence electrons. The largest absolute Gasteiger partial charge is 0.384 e. The Bertz CT molecular complexity index is 611. The molecule has 0 bridgehead atoms. The monoisotopic (exact) mass is 282 g/mol. The predicted molar refractivity (Wildman–Crippen MR) is 89.9 cm³/mol. The van der Waals surface area contributed by atoms with E-state index in [0.717, 1.165) is 11.1 Å². The normalized spacial score (nSPS) is 13.0. The maximum absolute atomic E-state index is 10.8. The fourth-order valence-corrected chi connectivity index (χ4v) is 2.72. The van der Waals surface area contributed by atoms with E-state index < -0.39 is 6.10 Å². The smallest absolute Gasteiger partial charge is 0.104 e. The first-order valence-corrected chi connectivity index (χ1v) is 7.78. The van der Waals surface area contributed by atoms with Gasteiger partial charge in [-0.05, 0) is 41.0 Å². The molecule has 0 spiro atoms. The fraction of sp³-hybridized carbons (Fsp3) is 0.400. The van der Waals surface area contributed by atoms with Gasteiger partial charge in [0.2, 0.25) is 0 Å². The Hall–Kier alpha value is -1.60. The fourth-order valence-electron chi connectivity index (χ4n) is 2.72. The third-order valence-electron chi connectivity index (χ3n) is 4.05. The minimum absolute atomic E-state index is 0.401. The van der Waals surface area contributed by atoms with E-state index in [4.69, 9.17) is 0 Å². The van der Waals surface area contributed by atoms with E-state index in [-0.39, 0.29) is 0 Å². The van der Waals surface area contributed by atoms with Crippen LogP contribution in [-0.4, -0.2) is 5.11 Å². The zero-order valence-electron chi connectivity index (χ0n) is 13.7. The first kappa shape index (κ1) is 15.8. The molecular formula is C20H26O. The van der Waals surface area contributed by atoms with Crippen molar-refractivity contribution in [3.05, 3.63) is 70.3 Å². The lowest BCUT2D eigenvalue weighted by atomic mass is 9.87. The molecule has 21 heavy (non-hydrogen) atoms. The number of rotatable bonds is 4. The van der Waals surface area contributed by atoms with Crippen molar-refractivity contribution in [1.82, 2.24) is 0 Å². The summed E-state index contributed by atoms with van der Waals surface area (Å²) in [5.74, 6) is 0.908. The van der Waals surface area contributed by atoms with Crippen molar-refractivity contribution in [2.75, 3.05) is 0 Å². The van der Waals surface area contributed by atoms with Gasteiger partial charge in [0.15, 0.2) is 0 Å². The molecule has 2 aromatic rings. The summed E-state index contributed by atoms with van der Waals surface area (Å²) in [6, 6.07) is 14.6. The molecule has 0 saturated heterocycles. The number of benzene rings is 2. The van der Waals surface area contributed by atoms with Gasteiger partial charge in [0, 0.05) is 0 Å². The van der Waals surface area contributed by atoms with Crippen LogP contribution in [0.15, 0.2) is 42.5 Å². The van der Waals surface area contributed by atoms with Gasteiger partial charge in [0.1, 0.15) is 6.10 Å². The van der Waals surface area contributed by atoms with Gasteiger partial charge in [-0.1, -0.05) is 75.7 Å². The van der Waals surface area contributed by atoms with Crippen LogP contribution in [0.2, 0.25) is 0 Å². The molecule has 1 atom stereocenters. The zero-order valence-corrected chi connectivity index (χ0v) is 13.7. The average molecular weight is 282 g/mol. The predicted octanol–water partition coefficient (Wildman–Crippen LogP) is 5.32. The summed E-state index contributed by atoms with van der Waals surface area (Å²) in [5, 5.41) is 10.8. The average Bonchev–Trinajstić information content (AvgIpc) is 2.45. The molecular weight excluding hydrogens is 256 g/mol. The lowest BCUT2D eigenvalue weighted by Crippen LogP contribution is -2.06. The summed E-state index contributed by atoms with van der Waals surface area (Å²) in [4.78, 5) is 0. The molecule has 0 fully saturated rings. The van der Waals surface area contributed by atoms with Gasteiger partial charge >= 0.3 is 0 Å². The van der Waals surface area contributed by atoms with E-state index >= 15 is 0 Å². The minimum Gasteiger partial charge on any atom is -0.384 e. The van der Waals surface area contributed by atoms with Crippen LogP contribution in [0, 0.1) is 6.92 Å². The molecule has 1 N–H and O–H groups in total. The number of hydrogen-bond acceptors (Lipinski definition) is 1. The van der Waals surface area contributed by atoms with Gasteiger partial charge in [-0.25, -0.2) is 0 Å². The minimum atomic E-state index is -0.552. The van der Waals surface area contributed by atoms with E-state index in [1.165, 1.54) is 16.7 Å². The number of hydrogen-bond donors (Lipinski definition) is 1. The Kier molecular flexibility index (Phi) is 4.84. The summed E-state index contributed by atoms with van der Waals surface area (Å²) in [6.45, 7) is 10.8. The van der Waals surface area contributed by atoms with Gasteiger partial charge in [-0.3, -0.25) is 0 Å². The van der Waals surface area contributed by atoms with Crippen molar-refractivity contribution in [2.45, 2.75) is 52.6 Å². The molecule has 0 aromatic heterocycles. The SMILES string of the molecule is Cc1cccc(C(O)c2ccc(C(C)C)cc2C(C)C)c1. The second kappa shape index (κ2) is 6.44. The second-order valence-corrected chi connectivity index (χ2v) is 6.51. The molecule has 2 aromatic carbocycles. The van der Waals surface area contributed by atoms with Gasteiger partial charge < -0.3 is 5.11 Å². The molecule has 0 radical (unpaired) electrons. The van der Waals surface area contributed by atoms with Crippen molar-refractivity contribution in [1.29, 1.82) is 0 Å².